The van der Waals surface area contributed by atoms with Gasteiger partial charge in [0.25, 0.3) is 0 Å². The maximum atomic E-state index is 10.9. The van der Waals surface area contributed by atoms with Crippen LogP contribution in [-0.4, -0.2) is 11.2 Å². The first kappa shape index (κ1) is 9.40. The largest absolute Gasteiger partial charge is 0.417 e. The van der Waals surface area contributed by atoms with Gasteiger partial charge in [0.15, 0.2) is 5.58 Å². The van der Waals surface area contributed by atoms with Crippen molar-refractivity contribution in [3.05, 3.63) is 34.3 Å². The Balaban J connectivity index is 2.55. The molecule has 1 atom stereocenters. The van der Waals surface area contributed by atoms with Crippen molar-refractivity contribution in [1.29, 1.82) is 0 Å². The standard InChI is InChI=1S/C10H11NO2S/c1-6(14-2)7-3-4-8-9(5-7)13-10(12)11-8/h3-6H,1-2H3,(H,11,12). The van der Waals surface area contributed by atoms with Crippen molar-refractivity contribution in [3.8, 4) is 0 Å². The van der Waals surface area contributed by atoms with Crippen LogP contribution in [0.4, 0.5) is 0 Å². The van der Waals surface area contributed by atoms with Crippen LogP contribution in [0.2, 0.25) is 0 Å². The molecule has 1 aromatic heterocycles. The Morgan fingerprint density at radius 3 is 3.00 bits per heavy atom. The molecule has 0 radical (unpaired) electrons. The normalized spacial score (nSPS) is 13.3. The van der Waals surface area contributed by atoms with Crippen molar-refractivity contribution in [2.24, 2.45) is 0 Å². The highest BCUT2D eigenvalue weighted by atomic mass is 32.2. The Hall–Kier alpha value is -1.16. The number of hydrogen-bond acceptors (Lipinski definition) is 3. The molecule has 0 amide bonds. The number of oxazole rings is 1. The predicted octanol–water partition coefficient (Wildman–Crippen LogP) is 2.55. The third kappa shape index (κ3) is 1.57. The second-order valence-corrected chi connectivity index (χ2v) is 4.33. The van der Waals surface area contributed by atoms with Gasteiger partial charge in [0, 0.05) is 5.25 Å². The molecule has 1 unspecified atom stereocenters. The lowest BCUT2D eigenvalue weighted by atomic mass is 10.1. The molecule has 14 heavy (non-hydrogen) atoms. The maximum Gasteiger partial charge on any atom is 0.417 e. The molecule has 0 aliphatic heterocycles. The Labute approximate surface area is 85.5 Å². The molecule has 0 aliphatic rings. The Kier molecular flexibility index (Phi) is 2.37. The fraction of sp³-hybridized carbons (Fsp3) is 0.300. The topological polar surface area (TPSA) is 46.0 Å². The van der Waals surface area contributed by atoms with Gasteiger partial charge in [0.2, 0.25) is 0 Å². The fourth-order valence-electron chi connectivity index (χ4n) is 1.35. The third-order valence-electron chi connectivity index (χ3n) is 2.27. The zero-order chi connectivity index (χ0) is 10.1. The van der Waals surface area contributed by atoms with E-state index in [9.17, 15) is 4.79 Å². The van der Waals surface area contributed by atoms with Gasteiger partial charge in [0.05, 0.1) is 5.52 Å². The molecule has 0 aliphatic carbocycles. The summed E-state index contributed by atoms with van der Waals surface area (Å²) in [5.74, 6) is -0.394. The summed E-state index contributed by atoms with van der Waals surface area (Å²) in [6, 6.07) is 5.80. The lowest BCUT2D eigenvalue weighted by Gasteiger charge is -2.06. The maximum absolute atomic E-state index is 10.9. The number of nitrogens with one attached hydrogen (secondary N) is 1. The molecule has 2 aromatic rings. The molecule has 0 bridgehead atoms. The number of aromatic amines is 1. The van der Waals surface area contributed by atoms with Gasteiger partial charge >= 0.3 is 5.76 Å². The molecule has 1 N–H and O–H groups in total. The monoisotopic (exact) mass is 209 g/mol. The minimum absolute atomic E-state index is 0.394. The van der Waals surface area contributed by atoms with Crippen molar-refractivity contribution >= 4 is 22.9 Å². The van der Waals surface area contributed by atoms with Gasteiger partial charge < -0.3 is 4.42 Å². The van der Waals surface area contributed by atoms with Gasteiger partial charge in [-0.2, -0.15) is 11.8 Å². The van der Waals surface area contributed by atoms with Crippen LogP contribution >= 0.6 is 11.8 Å². The van der Waals surface area contributed by atoms with Gasteiger partial charge in [0.1, 0.15) is 0 Å². The number of aromatic nitrogens is 1. The van der Waals surface area contributed by atoms with Crippen LogP contribution in [0.15, 0.2) is 27.4 Å². The molecule has 4 heteroatoms. The lowest BCUT2D eigenvalue weighted by Crippen LogP contribution is -1.92. The number of H-pyrrole nitrogens is 1. The van der Waals surface area contributed by atoms with E-state index < -0.39 is 5.76 Å². The molecular formula is C10H11NO2S. The molecule has 0 saturated carbocycles. The van der Waals surface area contributed by atoms with Crippen molar-refractivity contribution in [3.63, 3.8) is 0 Å². The molecule has 3 nitrogen and oxygen atoms in total. The summed E-state index contributed by atoms with van der Waals surface area (Å²) >= 11 is 1.76. The van der Waals surface area contributed by atoms with E-state index in [1.807, 2.05) is 18.2 Å². The summed E-state index contributed by atoms with van der Waals surface area (Å²) in [7, 11) is 0. The molecular weight excluding hydrogens is 198 g/mol. The van der Waals surface area contributed by atoms with Gasteiger partial charge in [-0.05, 0) is 30.9 Å². The van der Waals surface area contributed by atoms with E-state index in [0.717, 1.165) is 5.52 Å². The molecule has 0 fully saturated rings. The number of fused-ring (bicyclic) bond motifs is 1. The van der Waals surface area contributed by atoms with Gasteiger partial charge in [-0.15, -0.1) is 0 Å². The number of rotatable bonds is 2. The summed E-state index contributed by atoms with van der Waals surface area (Å²) in [4.78, 5) is 13.5. The van der Waals surface area contributed by atoms with E-state index in [1.54, 1.807) is 11.8 Å². The highest BCUT2D eigenvalue weighted by Crippen LogP contribution is 2.27. The molecule has 1 aromatic carbocycles. The van der Waals surface area contributed by atoms with Crippen molar-refractivity contribution in [2.45, 2.75) is 12.2 Å². The second kappa shape index (κ2) is 3.53. The number of hydrogen-bond donors (Lipinski definition) is 1. The smallest absolute Gasteiger partial charge is 0.408 e. The molecule has 0 saturated heterocycles. The van der Waals surface area contributed by atoms with E-state index in [4.69, 9.17) is 4.42 Å². The third-order valence-corrected chi connectivity index (χ3v) is 3.25. The fourth-order valence-corrected chi connectivity index (χ4v) is 1.77. The van der Waals surface area contributed by atoms with Crippen LogP contribution < -0.4 is 5.76 Å². The van der Waals surface area contributed by atoms with Crippen LogP contribution in [0.25, 0.3) is 11.1 Å². The van der Waals surface area contributed by atoms with E-state index >= 15 is 0 Å². The van der Waals surface area contributed by atoms with Crippen LogP contribution in [0.1, 0.15) is 17.7 Å². The Bertz CT molecular complexity index is 500. The minimum Gasteiger partial charge on any atom is -0.408 e. The van der Waals surface area contributed by atoms with Crippen molar-refractivity contribution in [1.82, 2.24) is 4.98 Å². The highest BCUT2D eigenvalue weighted by molar-refractivity contribution is 7.98. The summed E-state index contributed by atoms with van der Waals surface area (Å²) in [5.41, 5.74) is 2.56. The Morgan fingerprint density at radius 2 is 2.29 bits per heavy atom. The minimum atomic E-state index is -0.394. The van der Waals surface area contributed by atoms with Gasteiger partial charge in [-0.25, -0.2) is 4.79 Å². The lowest BCUT2D eigenvalue weighted by molar-refractivity contribution is 0.555. The number of benzene rings is 1. The first-order chi connectivity index (χ1) is 6.70. The van der Waals surface area contributed by atoms with Gasteiger partial charge in [-0.1, -0.05) is 6.07 Å². The molecule has 2 rings (SSSR count). The van der Waals surface area contributed by atoms with Crippen molar-refractivity contribution < 1.29 is 4.42 Å². The average molecular weight is 209 g/mol. The quantitative estimate of drug-likeness (QED) is 0.826. The summed E-state index contributed by atoms with van der Waals surface area (Å²) in [6.45, 7) is 2.12. The highest BCUT2D eigenvalue weighted by Gasteiger charge is 2.06. The van der Waals surface area contributed by atoms with Crippen molar-refractivity contribution in [2.75, 3.05) is 6.26 Å². The Morgan fingerprint density at radius 1 is 1.50 bits per heavy atom. The average Bonchev–Trinajstić information content (AvgIpc) is 2.55. The summed E-state index contributed by atoms with van der Waals surface area (Å²) in [5, 5.41) is 0.416. The zero-order valence-electron chi connectivity index (χ0n) is 8.03. The van der Waals surface area contributed by atoms with Gasteiger partial charge in [-0.3, -0.25) is 4.98 Å². The van der Waals surface area contributed by atoms with Crippen LogP contribution in [0, 0.1) is 0 Å². The molecule has 74 valence electrons. The first-order valence-electron chi connectivity index (χ1n) is 4.36. The van der Waals surface area contributed by atoms with E-state index in [1.165, 1.54) is 5.56 Å². The predicted molar refractivity (Wildman–Crippen MR) is 58.8 cm³/mol. The van der Waals surface area contributed by atoms with E-state index in [2.05, 4.69) is 18.2 Å². The summed E-state index contributed by atoms with van der Waals surface area (Å²) < 4.78 is 4.98. The second-order valence-electron chi connectivity index (χ2n) is 3.15. The number of thioether (sulfide) groups is 1. The van der Waals surface area contributed by atoms with Crippen LogP contribution in [0.3, 0.4) is 0 Å². The van der Waals surface area contributed by atoms with Crippen LogP contribution in [-0.2, 0) is 0 Å². The molecule has 1 heterocycles. The first-order valence-corrected chi connectivity index (χ1v) is 5.65. The molecule has 0 spiro atoms. The van der Waals surface area contributed by atoms with E-state index in [0.29, 0.717) is 10.8 Å². The zero-order valence-corrected chi connectivity index (χ0v) is 8.85. The summed E-state index contributed by atoms with van der Waals surface area (Å²) in [6.07, 6.45) is 2.06. The van der Waals surface area contributed by atoms with E-state index in [-0.39, 0.29) is 0 Å². The SMILES string of the molecule is CSC(C)c1ccc2[nH]c(=O)oc2c1. The van der Waals surface area contributed by atoms with Crippen LogP contribution in [0.5, 0.6) is 0 Å².